The summed E-state index contributed by atoms with van der Waals surface area (Å²) >= 11 is 1.23. The number of thioether (sulfide) groups is 1. The Kier molecular flexibility index (Phi) is 5.14. The monoisotopic (exact) mass is 354 g/mol. The van der Waals surface area contributed by atoms with Gasteiger partial charge in [0.1, 0.15) is 0 Å². The number of rotatable bonds is 5. The first-order chi connectivity index (χ1) is 12.1. The second-order valence-electron chi connectivity index (χ2n) is 5.52. The van der Waals surface area contributed by atoms with Gasteiger partial charge >= 0.3 is 0 Å². The fourth-order valence-electron chi connectivity index (χ4n) is 2.39. The first-order valence-electron chi connectivity index (χ1n) is 7.93. The minimum absolute atomic E-state index is 0.137. The highest BCUT2D eigenvalue weighted by Crippen LogP contribution is 2.17. The van der Waals surface area contributed by atoms with E-state index in [2.05, 4.69) is 15.3 Å². The van der Waals surface area contributed by atoms with E-state index in [1.807, 2.05) is 38.1 Å². The lowest BCUT2D eigenvalue weighted by Gasteiger charge is -2.10. The fraction of sp³-hybridized carbons (Fsp3) is 0.222. The van der Waals surface area contributed by atoms with Crippen LogP contribution in [0.5, 0.6) is 0 Å². The van der Waals surface area contributed by atoms with Crippen molar-refractivity contribution in [2.24, 2.45) is 0 Å². The van der Waals surface area contributed by atoms with Gasteiger partial charge in [-0.3, -0.25) is 14.2 Å². The maximum absolute atomic E-state index is 12.5. The molecule has 1 N–H and O–H groups in total. The van der Waals surface area contributed by atoms with Crippen LogP contribution in [0.4, 0.5) is 5.69 Å². The van der Waals surface area contributed by atoms with Crippen molar-refractivity contribution < 1.29 is 4.79 Å². The van der Waals surface area contributed by atoms with E-state index in [1.165, 1.54) is 11.8 Å². The third-order valence-corrected chi connectivity index (χ3v) is 4.66. The molecule has 0 atom stereocenters. The molecule has 6 nitrogen and oxygen atoms in total. The molecule has 0 aliphatic carbocycles. The molecule has 2 heterocycles. The third kappa shape index (κ3) is 3.88. The first-order valence-corrected chi connectivity index (χ1v) is 8.92. The molecule has 1 aromatic carbocycles. The maximum atomic E-state index is 12.5. The number of pyridine rings is 1. The molecule has 2 aromatic heterocycles. The summed E-state index contributed by atoms with van der Waals surface area (Å²) in [7, 11) is 0. The molecular formula is C18H18N4O2S. The van der Waals surface area contributed by atoms with Crippen LogP contribution in [0, 0.1) is 6.92 Å². The number of amides is 1. The molecule has 7 heteroatoms. The van der Waals surface area contributed by atoms with Crippen molar-refractivity contribution in [1.29, 1.82) is 0 Å². The lowest BCUT2D eigenvalue weighted by molar-refractivity contribution is -0.113. The Balaban J connectivity index is 1.77. The minimum Gasteiger partial charge on any atom is -0.325 e. The van der Waals surface area contributed by atoms with Crippen LogP contribution in [0.2, 0.25) is 0 Å². The van der Waals surface area contributed by atoms with Gasteiger partial charge in [0, 0.05) is 18.4 Å². The van der Waals surface area contributed by atoms with Crippen molar-refractivity contribution in [3.8, 4) is 0 Å². The van der Waals surface area contributed by atoms with Crippen molar-refractivity contribution in [3.05, 3.63) is 58.5 Å². The van der Waals surface area contributed by atoms with Crippen molar-refractivity contribution in [1.82, 2.24) is 14.5 Å². The first kappa shape index (κ1) is 17.2. The van der Waals surface area contributed by atoms with E-state index in [0.29, 0.717) is 22.7 Å². The van der Waals surface area contributed by atoms with Gasteiger partial charge in [-0.15, -0.1) is 0 Å². The number of aromatic nitrogens is 3. The minimum atomic E-state index is -0.146. The summed E-state index contributed by atoms with van der Waals surface area (Å²) in [6.45, 7) is 4.35. The largest absolute Gasteiger partial charge is 0.325 e. The lowest BCUT2D eigenvalue weighted by atomic mass is 10.2. The second kappa shape index (κ2) is 7.48. The van der Waals surface area contributed by atoms with Gasteiger partial charge in [-0.25, -0.2) is 9.97 Å². The predicted octanol–water partition coefficient (Wildman–Crippen LogP) is 2.85. The average molecular weight is 354 g/mol. The van der Waals surface area contributed by atoms with Crippen LogP contribution in [-0.2, 0) is 11.3 Å². The van der Waals surface area contributed by atoms with E-state index >= 15 is 0 Å². The van der Waals surface area contributed by atoms with Crippen LogP contribution >= 0.6 is 11.8 Å². The Morgan fingerprint density at radius 2 is 2.00 bits per heavy atom. The number of hydrogen-bond acceptors (Lipinski definition) is 5. The summed E-state index contributed by atoms with van der Waals surface area (Å²) in [6.07, 6.45) is 1.60. The smallest absolute Gasteiger partial charge is 0.263 e. The van der Waals surface area contributed by atoms with E-state index in [-0.39, 0.29) is 17.2 Å². The van der Waals surface area contributed by atoms with Gasteiger partial charge < -0.3 is 5.32 Å². The summed E-state index contributed by atoms with van der Waals surface area (Å²) in [6, 6.07) is 11.0. The van der Waals surface area contributed by atoms with Gasteiger partial charge in [0.05, 0.1) is 11.1 Å². The molecule has 1 amide bonds. The number of anilines is 1. The highest BCUT2D eigenvalue weighted by atomic mass is 32.2. The summed E-state index contributed by atoms with van der Waals surface area (Å²) in [5, 5.41) is 3.82. The number of nitrogens with one attached hydrogen (secondary N) is 1. The van der Waals surface area contributed by atoms with E-state index in [0.717, 1.165) is 11.3 Å². The Labute approximate surface area is 149 Å². The summed E-state index contributed by atoms with van der Waals surface area (Å²) in [4.78, 5) is 33.2. The van der Waals surface area contributed by atoms with Crippen LogP contribution in [0.1, 0.15) is 12.5 Å². The van der Waals surface area contributed by atoms with Gasteiger partial charge in [0.15, 0.2) is 10.8 Å². The van der Waals surface area contributed by atoms with Crippen LogP contribution in [0.25, 0.3) is 11.0 Å². The number of hydrogen-bond donors (Lipinski definition) is 1. The van der Waals surface area contributed by atoms with Crippen molar-refractivity contribution in [2.45, 2.75) is 25.5 Å². The molecule has 0 fully saturated rings. The lowest BCUT2D eigenvalue weighted by Crippen LogP contribution is -2.23. The molecule has 0 spiro atoms. The third-order valence-electron chi connectivity index (χ3n) is 3.68. The average Bonchev–Trinajstić information content (AvgIpc) is 2.62. The Morgan fingerprint density at radius 3 is 2.72 bits per heavy atom. The van der Waals surface area contributed by atoms with Gasteiger partial charge in [-0.1, -0.05) is 29.5 Å². The standard InChI is InChI=1S/C18H18N4O2S/c1-3-22-17(24)14-5-4-10-19-16(14)21-18(22)25-11-15(23)20-13-8-6-12(2)7-9-13/h4-10H,3,11H2,1-2H3,(H,20,23). The van der Waals surface area contributed by atoms with Crippen LogP contribution in [0.15, 0.2) is 52.5 Å². The highest BCUT2D eigenvalue weighted by molar-refractivity contribution is 7.99. The maximum Gasteiger partial charge on any atom is 0.263 e. The fourth-order valence-corrected chi connectivity index (χ4v) is 3.24. The van der Waals surface area contributed by atoms with Crippen LogP contribution < -0.4 is 10.9 Å². The highest BCUT2D eigenvalue weighted by Gasteiger charge is 2.12. The zero-order valence-corrected chi connectivity index (χ0v) is 14.8. The van der Waals surface area contributed by atoms with Crippen molar-refractivity contribution in [3.63, 3.8) is 0 Å². The molecule has 25 heavy (non-hydrogen) atoms. The van der Waals surface area contributed by atoms with Gasteiger partial charge in [-0.2, -0.15) is 0 Å². The molecule has 0 radical (unpaired) electrons. The molecule has 3 aromatic rings. The van der Waals surface area contributed by atoms with Crippen LogP contribution in [0.3, 0.4) is 0 Å². The number of nitrogens with zero attached hydrogens (tertiary/aromatic N) is 3. The van der Waals surface area contributed by atoms with Gasteiger partial charge in [0.25, 0.3) is 5.56 Å². The zero-order valence-electron chi connectivity index (χ0n) is 14.0. The van der Waals surface area contributed by atoms with E-state index in [4.69, 9.17) is 0 Å². The number of aryl methyl sites for hydroxylation is 1. The Hall–Kier alpha value is -2.67. The molecule has 0 saturated heterocycles. The molecule has 0 aliphatic rings. The number of fused-ring (bicyclic) bond motifs is 1. The number of carbonyl (C=O) groups is 1. The topological polar surface area (TPSA) is 76.9 Å². The summed E-state index contributed by atoms with van der Waals surface area (Å²) in [5.41, 5.74) is 2.14. The van der Waals surface area contributed by atoms with E-state index < -0.39 is 0 Å². The molecule has 3 rings (SSSR count). The molecule has 0 aliphatic heterocycles. The molecule has 128 valence electrons. The van der Waals surface area contributed by atoms with Gasteiger partial charge in [0.2, 0.25) is 5.91 Å². The van der Waals surface area contributed by atoms with Crippen molar-refractivity contribution >= 4 is 34.4 Å². The SMILES string of the molecule is CCn1c(SCC(=O)Nc2ccc(C)cc2)nc2ncccc2c1=O. The molecule has 0 unspecified atom stereocenters. The summed E-state index contributed by atoms with van der Waals surface area (Å²) < 4.78 is 1.56. The second-order valence-corrected chi connectivity index (χ2v) is 6.46. The van der Waals surface area contributed by atoms with E-state index in [9.17, 15) is 9.59 Å². The quantitative estimate of drug-likeness (QED) is 0.563. The molecular weight excluding hydrogens is 336 g/mol. The van der Waals surface area contributed by atoms with E-state index in [1.54, 1.807) is 22.9 Å². The summed E-state index contributed by atoms with van der Waals surface area (Å²) in [5.74, 6) is 0.0189. The van der Waals surface area contributed by atoms with Crippen molar-refractivity contribution in [2.75, 3.05) is 11.1 Å². The zero-order chi connectivity index (χ0) is 17.8. The Bertz CT molecular complexity index is 967. The molecule has 0 bridgehead atoms. The normalized spacial score (nSPS) is 10.8. The van der Waals surface area contributed by atoms with Gasteiger partial charge in [-0.05, 0) is 38.1 Å². The predicted molar refractivity (Wildman–Crippen MR) is 100 cm³/mol. The Morgan fingerprint density at radius 1 is 1.24 bits per heavy atom. The molecule has 0 saturated carbocycles. The number of benzene rings is 1. The number of carbonyl (C=O) groups excluding carboxylic acids is 1. The van der Waals surface area contributed by atoms with Crippen LogP contribution in [-0.4, -0.2) is 26.2 Å².